The number of hydrogen-bond donors (Lipinski definition) is 0. The van der Waals surface area contributed by atoms with Gasteiger partial charge < -0.3 is 0 Å². The van der Waals surface area contributed by atoms with Gasteiger partial charge in [-0.3, -0.25) is 0 Å². The first-order chi connectivity index (χ1) is 17.6. The van der Waals surface area contributed by atoms with E-state index in [0.29, 0.717) is 0 Å². The van der Waals surface area contributed by atoms with E-state index in [9.17, 15) is 0 Å². The molecule has 0 saturated carbocycles. The Morgan fingerprint density at radius 2 is 0.833 bits per heavy atom. The second kappa shape index (κ2) is 16.1. The maximum absolute atomic E-state index is 2.64. The molecule has 0 fully saturated rings. The maximum Gasteiger partial charge on any atom is -0.0103 e. The highest BCUT2D eigenvalue weighted by molar-refractivity contribution is 5.82. The van der Waals surface area contributed by atoms with Crippen LogP contribution in [0.5, 0.6) is 0 Å². The van der Waals surface area contributed by atoms with Crippen molar-refractivity contribution in [2.75, 3.05) is 0 Å². The molecule has 0 N–H and O–H groups in total. The van der Waals surface area contributed by atoms with Gasteiger partial charge in [-0.2, -0.15) is 0 Å². The van der Waals surface area contributed by atoms with E-state index in [-0.39, 0.29) is 0 Å². The van der Waals surface area contributed by atoms with Gasteiger partial charge in [-0.25, -0.2) is 0 Å². The van der Waals surface area contributed by atoms with Crippen LogP contribution in [0.1, 0.15) is 145 Å². The van der Waals surface area contributed by atoms with Crippen LogP contribution in [0.4, 0.5) is 0 Å². The molecule has 0 aliphatic heterocycles. The van der Waals surface area contributed by atoms with Crippen molar-refractivity contribution >= 4 is 6.08 Å². The average molecular weight is 489 g/mol. The molecule has 2 aromatic carbocycles. The predicted molar refractivity (Wildman–Crippen MR) is 165 cm³/mol. The molecule has 0 bridgehead atoms. The van der Waals surface area contributed by atoms with E-state index >= 15 is 0 Å². The average Bonchev–Trinajstić information content (AvgIpc) is 2.86. The zero-order valence-corrected chi connectivity index (χ0v) is 25.2. The molecule has 2 rings (SSSR count). The van der Waals surface area contributed by atoms with Crippen LogP contribution in [-0.2, 0) is 44.9 Å². The molecule has 0 atom stereocenters. The lowest BCUT2D eigenvalue weighted by Crippen LogP contribution is -2.10. The largest absolute Gasteiger partial charge is 0.0870 e. The Hall–Kier alpha value is -1.82. The lowest BCUT2D eigenvalue weighted by Gasteiger charge is -2.26. The van der Waals surface area contributed by atoms with Crippen LogP contribution in [0, 0.1) is 0 Å². The first-order valence-electron chi connectivity index (χ1n) is 15.5. The van der Waals surface area contributed by atoms with Gasteiger partial charge in [-0.15, -0.1) is 0 Å². The summed E-state index contributed by atoms with van der Waals surface area (Å²) >= 11 is 0. The van der Waals surface area contributed by atoms with Crippen molar-refractivity contribution in [3.63, 3.8) is 0 Å². The third-order valence-corrected chi connectivity index (χ3v) is 7.61. The summed E-state index contributed by atoms with van der Waals surface area (Å²) in [5.41, 5.74) is 16.1. The number of rotatable bonds is 16. The minimum atomic E-state index is 1.18. The first-order valence-corrected chi connectivity index (χ1v) is 15.5. The molecule has 0 aromatic heterocycles. The van der Waals surface area contributed by atoms with E-state index in [1.807, 2.05) is 0 Å². The van der Waals surface area contributed by atoms with Crippen molar-refractivity contribution in [3.05, 3.63) is 62.7 Å². The third kappa shape index (κ3) is 7.14. The van der Waals surface area contributed by atoms with Crippen LogP contribution < -0.4 is 0 Å². The number of allylic oxidation sites excluding steroid dienone is 1. The van der Waals surface area contributed by atoms with Crippen molar-refractivity contribution in [2.24, 2.45) is 0 Å². The molecular weight excluding hydrogens is 432 g/mol. The molecule has 0 aliphatic carbocycles. The number of hydrogen-bond acceptors (Lipinski definition) is 0. The van der Waals surface area contributed by atoms with Gasteiger partial charge in [0.05, 0.1) is 0 Å². The zero-order valence-electron chi connectivity index (χ0n) is 25.2. The normalized spacial score (nSPS) is 11.7. The topological polar surface area (TPSA) is 0 Å². The van der Waals surface area contributed by atoms with Crippen molar-refractivity contribution < 1.29 is 0 Å². The van der Waals surface area contributed by atoms with Gasteiger partial charge in [0, 0.05) is 0 Å². The Bertz CT molecular complexity index is 973. The maximum atomic E-state index is 2.64. The minimum absolute atomic E-state index is 1.18. The van der Waals surface area contributed by atoms with E-state index in [1.165, 1.54) is 101 Å². The van der Waals surface area contributed by atoms with Crippen molar-refractivity contribution in [3.8, 4) is 11.1 Å². The van der Waals surface area contributed by atoms with Crippen molar-refractivity contribution in [2.45, 2.75) is 145 Å². The van der Waals surface area contributed by atoms with Gasteiger partial charge in [-0.05, 0) is 108 Å². The molecule has 2 aromatic rings. The fourth-order valence-electron chi connectivity index (χ4n) is 6.30. The van der Waals surface area contributed by atoms with E-state index < -0.39 is 0 Å². The minimum Gasteiger partial charge on any atom is -0.0870 e. The van der Waals surface area contributed by atoms with Gasteiger partial charge in [0.1, 0.15) is 0 Å². The van der Waals surface area contributed by atoms with Gasteiger partial charge in [0.2, 0.25) is 0 Å². The summed E-state index contributed by atoms with van der Waals surface area (Å²) in [5.74, 6) is 0. The highest BCUT2D eigenvalue weighted by atomic mass is 14.3. The summed E-state index contributed by atoms with van der Waals surface area (Å²) in [5, 5.41) is 0. The Kier molecular flexibility index (Phi) is 13.6. The lowest BCUT2D eigenvalue weighted by atomic mass is 9.78. The molecule has 0 saturated heterocycles. The fourth-order valence-corrected chi connectivity index (χ4v) is 6.30. The van der Waals surface area contributed by atoms with Crippen LogP contribution in [0.2, 0.25) is 0 Å². The summed E-state index contributed by atoms with van der Waals surface area (Å²) in [4.78, 5) is 0. The third-order valence-electron chi connectivity index (χ3n) is 7.61. The van der Waals surface area contributed by atoms with Crippen molar-refractivity contribution in [1.82, 2.24) is 0 Å². The Morgan fingerprint density at radius 3 is 1.31 bits per heavy atom. The second-order valence-electron chi connectivity index (χ2n) is 10.7. The second-order valence-corrected chi connectivity index (χ2v) is 10.7. The lowest BCUT2D eigenvalue weighted by molar-refractivity contribution is 0.802. The molecular formula is C36H56. The van der Waals surface area contributed by atoms with Gasteiger partial charge in [-0.1, -0.05) is 118 Å². The van der Waals surface area contributed by atoms with Crippen LogP contribution >= 0.6 is 0 Å². The Balaban J connectivity index is 3.09. The van der Waals surface area contributed by atoms with Crippen LogP contribution in [0.15, 0.2) is 18.2 Å². The van der Waals surface area contributed by atoms with E-state index in [1.54, 1.807) is 44.5 Å². The van der Waals surface area contributed by atoms with Crippen LogP contribution in [-0.4, -0.2) is 0 Å². The highest BCUT2D eigenvalue weighted by Gasteiger charge is 2.22. The SMILES string of the molecule is C/C=C/c1c(-c2cc(CCC)c(CCC)c(CCC)c2CCC)cc(CCC)c(CCC)c1CCC. The first kappa shape index (κ1) is 30.4. The summed E-state index contributed by atoms with van der Waals surface area (Å²) in [7, 11) is 0. The molecule has 200 valence electrons. The molecule has 0 amide bonds. The van der Waals surface area contributed by atoms with E-state index in [0.717, 1.165) is 0 Å². The summed E-state index contributed by atoms with van der Waals surface area (Å²) in [6, 6.07) is 5.27. The summed E-state index contributed by atoms with van der Waals surface area (Å²) in [6.45, 7) is 18.7. The zero-order chi connectivity index (χ0) is 26.5. The smallest absolute Gasteiger partial charge is 0.0103 e. The molecule has 0 unspecified atom stereocenters. The summed E-state index contributed by atoms with van der Waals surface area (Å²) in [6.07, 6.45) is 21.6. The quantitative estimate of drug-likeness (QED) is 0.220. The van der Waals surface area contributed by atoms with Gasteiger partial charge in [0.25, 0.3) is 0 Å². The molecule has 0 heterocycles. The molecule has 0 radical (unpaired) electrons. The molecule has 36 heavy (non-hydrogen) atoms. The molecule has 0 heteroatoms. The Morgan fingerprint density at radius 1 is 0.444 bits per heavy atom. The predicted octanol–water partition coefficient (Wildman–Crippen LogP) is 11.1. The van der Waals surface area contributed by atoms with Gasteiger partial charge in [0.15, 0.2) is 0 Å². The standard InChI is InChI=1S/C36H56/c1-9-17-27-25-35(33(23-15-7)31(21-13-5)29(27)19-11-3)36-26-28(18-10-2)30(20-12-4)32(22-14-6)34(36)24-16-8/h15,23,25-26H,9-14,16-22,24H2,1-8H3/b23-15+. The fraction of sp³-hybridized carbons (Fsp3) is 0.611. The van der Waals surface area contributed by atoms with Gasteiger partial charge >= 0.3 is 0 Å². The highest BCUT2D eigenvalue weighted by Crippen LogP contribution is 2.40. The molecule has 0 aliphatic rings. The summed E-state index contributed by atoms with van der Waals surface area (Å²) < 4.78 is 0. The Labute approximate surface area is 225 Å². The molecule has 0 nitrogen and oxygen atoms in total. The van der Waals surface area contributed by atoms with Crippen LogP contribution in [0.3, 0.4) is 0 Å². The van der Waals surface area contributed by atoms with E-state index in [2.05, 4.69) is 79.7 Å². The number of benzene rings is 2. The van der Waals surface area contributed by atoms with Crippen molar-refractivity contribution in [1.29, 1.82) is 0 Å². The molecule has 0 spiro atoms. The van der Waals surface area contributed by atoms with E-state index in [4.69, 9.17) is 0 Å². The number of aryl methyl sites for hydroxylation is 2. The van der Waals surface area contributed by atoms with Crippen LogP contribution in [0.25, 0.3) is 17.2 Å². The monoisotopic (exact) mass is 488 g/mol.